The van der Waals surface area contributed by atoms with E-state index in [4.69, 9.17) is 4.74 Å². The molecule has 0 fully saturated rings. The molecule has 0 bridgehead atoms. The molecule has 4 aromatic rings. The Morgan fingerprint density at radius 2 is 1.86 bits per heavy atom. The number of rotatable bonds is 8. The van der Waals surface area contributed by atoms with Gasteiger partial charge in [0, 0.05) is 68.6 Å². The molecule has 0 aliphatic carbocycles. The van der Waals surface area contributed by atoms with E-state index in [9.17, 15) is 9.59 Å². The number of ether oxygens (including phenoxy) is 1. The van der Waals surface area contributed by atoms with Gasteiger partial charge in [0.15, 0.2) is 0 Å². The average Bonchev–Trinajstić information content (AvgIpc) is 3.29. The van der Waals surface area contributed by atoms with Gasteiger partial charge in [0.05, 0.1) is 18.4 Å². The van der Waals surface area contributed by atoms with Crippen molar-refractivity contribution in [3.8, 4) is 28.0 Å². The highest BCUT2D eigenvalue weighted by molar-refractivity contribution is 6.02. The van der Waals surface area contributed by atoms with Crippen molar-refractivity contribution in [1.29, 1.82) is 0 Å². The summed E-state index contributed by atoms with van der Waals surface area (Å²) < 4.78 is 20.9. The molecule has 3 N–H and O–H groups in total. The van der Waals surface area contributed by atoms with Crippen molar-refractivity contribution in [3.63, 3.8) is 0 Å². The molecule has 2 aromatic heterocycles. The zero-order valence-electron chi connectivity index (χ0n) is 20.6. The van der Waals surface area contributed by atoms with E-state index in [1.165, 1.54) is 17.9 Å². The quantitative estimate of drug-likeness (QED) is 0.321. The molecule has 0 saturated carbocycles. The van der Waals surface area contributed by atoms with E-state index in [2.05, 4.69) is 20.6 Å². The smallest absolute Gasteiger partial charge is 0.255 e. The summed E-state index contributed by atoms with van der Waals surface area (Å²) in [6.07, 6.45) is 3.51. The summed E-state index contributed by atoms with van der Waals surface area (Å²) in [7, 11) is 4.84. The van der Waals surface area contributed by atoms with Crippen molar-refractivity contribution < 1.29 is 18.7 Å². The Morgan fingerprint density at radius 3 is 2.58 bits per heavy atom. The number of amides is 2. The van der Waals surface area contributed by atoms with Crippen molar-refractivity contribution >= 4 is 28.5 Å². The average molecular weight is 490 g/mol. The minimum Gasteiger partial charge on any atom is -0.496 e. The third-order valence-electron chi connectivity index (χ3n) is 5.79. The number of hydrogen-bond donors (Lipinski definition) is 3. The van der Waals surface area contributed by atoms with Crippen LogP contribution >= 0.6 is 0 Å². The van der Waals surface area contributed by atoms with Gasteiger partial charge in [-0.05, 0) is 29.8 Å². The van der Waals surface area contributed by atoms with Crippen LogP contribution in [0.1, 0.15) is 17.3 Å². The minimum atomic E-state index is -0.570. The highest BCUT2D eigenvalue weighted by Crippen LogP contribution is 2.37. The maximum absolute atomic E-state index is 15.3. The summed E-state index contributed by atoms with van der Waals surface area (Å²) in [5.41, 5.74) is 3.95. The zero-order chi connectivity index (χ0) is 25.8. The number of H-pyrrole nitrogens is 1. The maximum atomic E-state index is 15.3. The molecular formula is C27H28FN5O3. The van der Waals surface area contributed by atoms with Crippen molar-refractivity contribution in [2.45, 2.75) is 6.92 Å². The van der Waals surface area contributed by atoms with Crippen LogP contribution in [0.4, 0.5) is 10.1 Å². The fourth-order valence-corrected chi connectivity index (χ4v) is 4.04. The molecule has 0 unspecified atom stereocenters. The second-order valence-electron chi connectivity index (χ2n) is 8.51. The number of aromatic nitrogens is 2. The number of anilines is 1. The van der Waals surface area contributed by atoms with E-state index in [0.29, 0.717) is 23.3 Å². The first-order chi connectivity index (χ1) is 17.3. The van der Waals surface area contributed by atoms with E-state index in [1.54, 1.807) is 33.5 Å². The van der Waals surface area contributed by atoms with Crippen molar-refractivity contribution in [2.24, 2.45) is 0 Å². The molecule has 0 atom stereocenters. The van der Waals surface area contributed by atoms with Gasteiger partial charge in [-0.1, -0.05) is 18.2 Å². The van der Waals surface area contributed by atoms with Crippen LogP contribution < -0.4 is 15.4 Å². The Morgan fingerprint density at radius 1 is 1.08 bits per heavy atom. The maximum Gasteiger partial charge on any atom is 0.255 e. The number of pyridine rings is 1. The molecular weight excluding hydrogens is 461 g/mol. The van der Waals surface area contributed by atoms with Crippen molar-refractivity contribution in [2.75, 3.05) is 39.6 Å². The van der Waals surface area contributed by atoms with Crippen LogP contribution in [-0.2, 0) is 4.79 Å². The standard InChI is InChI=1S/C27H28FN5O3/c1-16(34)29-9-10-30-25-21(27(35)33(2)3)11-17(13-23(25)28)18-12-20-22(15-32-26(20)31-14-18)19-7-5-6-8-24(19)36-4/h5-8,11-15,30H,9-10H2,1-4H3,(H,29,34)(H,31,32). The van der Waals surface area contributed by atoms with Crippen molar-refractivity contribution in [3.05, 3.63) is 66.2 Å². The molecule has 2 aromatic carbocycles. The Labute approximate surface area is 208 Å². The largest absolute Gasteiger partial charge is 0.496 e. The van der Waals surface area contributed by atoms with Gasteiger partial charge in [-0.2, -0.15) is 0 Å². The van der Waals surface area contributed by atoms with Gasteiger partial charge >= 0.3 is 0 Å². The molecule has 2 heterocycles. The molecule has 0 spiro atoms. The fraction of sp³-hybridized carbons (Fsp3) is 0.222. The number of carbonyl (C=O) groups is 2. The number of methoxy groups -OCH3 is 1. The van der Waals surface area contributed by atoms with Gasteiger partial charge in [0.2, 0.25) is 5.91 Å². The molecule has 0 aliphatic rings. The normalized spacial score (nSPS) is 10.8. The van der Waals surface area contributed by atoms with Gasteiger partial charge in [0.1, 0.15) is 17.2 Å². The zero-order valence-corrected chi connectivity index (χ0v) is 20.6. The lowest BCUT2D eigenvalue weighted by Gasteiger charge is -2.18. The van der Waals surface area contributed by atoms with Crippen LogP contribution in [0.3, 0.4) is 0 Å². The number of nitrogens with zero attached hydrogens (tertiary/aromatic N) is 2. The first-order valence-corrected chi connectivity index (χ1v) is 11.4. The SMILES string of the molecule is COc1ccccc1-c1c[nH]c2ncc(-c3cc(F)c(NCCNC(C)=O)c(C(=O)N(C)C)c3)cc12. The third-order valence-corrected chi connectivity index (χ3v) is 5.79. The lowest BCUT2D eigenvalue weighted by Crippen LogP contribution is -2.28. The monoisotopic (exact) mass is 489 g/mol. The van der Waals surface area contributed by atoms with Crippen LogP contribution in [0, 0.1) is 5.82 Å². The number of carbonyl (C=O) groups excluding carboxylic acids is 2. The van der Waals surface area contributed by atoms with E-state index < -0.39 is 5.82 Å². The molecule has 0 aliphatic heterocycles. The van der Waals surface area contributed by atoms with E-state index in [-0.39, 0.29) is 29.6 Å². The highest BCUT2D eigenvalue weighted by atomic mass is 19.1. The van der Waals surface area contributed by atoms with Crippen LogP contribution in [0.15, 0.2) is 54.9 Å². The third kappa shape index (κ3) is 5.00. The fourth-order valence-electron chi connectivity index (χ4n) is 4.04. The Bertz CT molecular complexity index is 1430. The Kier molecular flexibility index (Phi) is 7.19. The number of fused-ring (bicyclic) bond motifs is 1. The lowest BCUT2D eigenvalue weighted by molar-refractivity contribution is -0.118. The first kappa shape index (κ1) is 24.7. The topological polar surface area (TPSA) is 99.3 Å². The summed E-state index contributed by atoms with van der Waals surface area (Å²) in [4.78, 5) is 33.2. The van der Waals surface area contributed by atoms with Crippen LogP contribution in [-0.4, -0.2) is 61.0 Å². The molecule has 9 heteroatoms. The highest BCUT2D eigenvalue weighted by Gasteiger charge is 2.20. The molecule has 2 amide bonds. The predicted molar refractivity (Wildman–Crippen MR) is 139 cm³/mol. The number of para-hydroxylation sites is 1. The van der Waals surface area contributed by atoms with Gasteiger partial charge < -0.3 is 25.3 Å². The van der Waals surface area contributed by atoms with Crippen LogP contribution in [0.25, 0.3) is 33.3 Å². The van der Waals surface area contributed by atoms with Crippen molar-refractivity contribution in [1.82, 2.24) is 20.2 Å². The van der Waals surface area contributed by atoms with Crippen LogP contribution in [0.5, 0.6) is 5.75 Å². The van der Waals surface area contributed by atoms with Crippen LogP contribution in [0.2, 0.25) is 0 Å². The molecule has 8 nitrogen and oxygen atoms in total. The van der Waals surface area contributed by atoms with Gasteiger partial charge in [-0.3, -0.25) is 9.59 Å². The van der Waals surface area contributed by atoms with Gasteiger partial charge in [-0.25, -0.2) is 9.37 Å². The molecule has 36 heavy (non-hydrogen) atoms. The van der Waals surface area contributed by atoms with E-state index in [1.807, 2.05) is 36.5 Å². The number of benzene rings is 2. The van der Waals surface area contributed by atoms with Gasteiger partial charge in [0.25, 0.3) is 5.91 Å². The number of nitrogens with one attached hydrogen (secondary N) is 3. The molecule has 0 saturated heterocycles. The second kappa shape index (κ2) is 10.5. The minimum absolute atomic E-state index is 0.0909. The summed E-state index contributed by atoms with van der Waals surface area (Å²) in [5.74, 6) is -0.372. The number of aromatic amines is 1. The predicted octanol–water partition coefficient (Wildman–Crippen LogP) is 4.29. The Balaban J connectivity index is 1.77. The van der Waals surface area contributed by atoms with Gasteiger partial charge in [-0.15, -0.1) is 0 Å². The molecule has 0 radical (unpaired) electrons. The summed E-state index contributed by atoms with van der Waals surface area (Å²) >= 11 is 0. The summed E-state index contributed by atoms with van der Waals surface area (Å²) in [6, 6.07) is 12.6. The van der Waals surface area contributed by atoms with E-state index in [0.717, 1.165) is 22.3 Å². The number of halogens is 1. The van der Waals surface area contributed by atoms with E-state index >= 15 is 4.39 Å². The summed E-state index contributed by atoms with van der Waals surface area (Å²) in [5, 5.41) is 6.44. The Hall–Kier alpha value is -4.40. The lowest BCUT2D eigenvalue weighted by atomic mass is 9.99. The molecule has 186 valence electrons. The molecule has 4 rings (SSSR count). The number of hydrogen-bond acceptors (Lipinski definition) is 5. The first-order valence-electron chi connectivity index (χ1n) is 11.4. The second-order valence-corrected chi connectivity index (χ2v) is 8.51. The summed E-state index contributed by atoms with van der Waals surface area (Å²) in [6.45, 7) is 1.97.